The zero-order valence-electron chi connectivity index (χ0n) is 16.4. The molecular formula is C20H21NO7S. The summed E-state index contributed by atoms with van der Waals surface area (Å²) < 4.78 is 20.7. The van der Waals surface area contributed by atoms with Crippen LogP contribution in [0, 0.1) is 6.92 Å². The van der Waals surface area contributed by atoms with Gasteiger partial charge in [-0.25, -0.2) is 9.59 Å². The average Bonchev–Trinajstić information content (AvgIpc) is 3.24. The summed E-state index contributed by atoms with van der Waals surface area (Å²) in [6.07, 6.45) is 1.71. The molecule has 0 atom stereocenters. The quantitative estimate of drug-likeness (QED) is 0.384. The highest BCUT2D eigenvalue weighted by molar-refractivity contribution is 8.04. The van der Waals surface area contributed by atoms with Gasteiger partial charge in [0.2, 0.25) is 11.7 Å². The first-order valence-corrected chi connectivity index (χ1v) is 9.90. The van der Waals surface area contributed by atoms with Crippen molar-refractivity contribution in [3.8, 4) is 5.75 Å². The smallest absolute Gasteiger partial charge is 0.374 e. The van der Waals surface area contributed by atoms with Crippen molar-refractivity contribution in [3.63, 3.8) is 0 Å². The van der Waals surface area contributed by atoms with Gasteiger partial charge >= 0.3 is 11.9 Å². The Kier molecular flexibility index (Phi) is 6.48. The molecule has 1 aliphatic heterocycles. The van der Waals surface area contributed by atoms with Crippen LogP contribution >= 0.6 is 11.8 Å². The van der Waals surface area contributed by atoms with Crippen molar-refractivity contribution in [1.82, 2.24) is 4.90 Å². The highest BCUT2D eigenvalue weighted by Crippen LogP contribution is 2.30. The molecule has 154 valence electrons. The summed E-state index contributed by atoms with van der Waals surface area (Å²) in [5, 5.41) is 1.32. The SMILES string of the molecule is COC(=O)/C=C1/SCC(=O)N1CCCOC(=O)c1oc2ccc(OC)cc2c1C. The number of aryl methyl sites for hydroxylation is 1. The molecule has 9 heteroatoms. The summed E-state index contributed by atoms with van der Waals surface area (Å²) in [6.45, 7) is 2.22. The van der Waals surface area contributed by atoms with Crippen molar-refractivity contribution in [2.45, 2.75) is 13.3 Å². The number of methoxy groups -OCH3 is 2. The first-order chi connectivity index (χ1) is 13.9. The molecule has 0 bridgehead atoms. The van der Waals surface area contributed by atoms with Gasteiger partial charge in [0, 0.05) is 17.5 Å². The Morgan fingerprint density at radius 3 is 2.83 bits per heavy atom. The zero-order valence-corrected chi connectivity index (χ0v) is 17.2. The molecule has 3 rings (SSSR count). The van der Waals surface area contributed by atoms with Crippen molar-refractivity contribution in [1.29, 1.82) is 0 Å². The van der Waals surface area contributed by atoms with E-state index in [1.807, 2.05) is 0 Å². The van der Waals surface area contributed by atoms with Gasteiger partial charge in [-0.2, -0.15) is 0 Å². The minimum Gasteiger partial charge on any atom is -0.497 e. The van der Waals surface area contributed by atoms with Crippen molar-refractivity contribution in [3.05, 3.63) is 40.6 Å². The van der Waals surface area contributed by atoms with E-state index in [-0.39, 0.29) is 24.0 Å². The molecular weight excluding hydrogens is 398 g/mol. The molecule has 0 aliphatic carbocycles. The number of rotatable bonds is 7. The molecule has 1 aliphatic rings. The maximum atomic E-state index is 12.4. The summed E-state index contributed by atoms with van der Waals surface area (Å²) in [5.41, 5.74) is 1.26. The second kappa shape index (κ2) is 9.04. The van der Waals surface area contributed by atoms with E-state index in [4.69, 9.17) is 13.9 Å². The molecule has 0 spiro atoms. The third-order valence-electron chi connectivity index (χ3n) is 4.44. The summed E-state index contributed by atoms with van der Waals surface area (Å²) in [5.74, 6) is -0.0959. The van der Waals surface area contributed by atoms with Crippen molar-refractivity contribution in [2.24, 2.45) is 0 Å². The van der Waals surface area contributed by atoms with Gasteiger partial charge in [-0.05, 0) is 31.5 Å². The van der Waals surface area contributed by atoms with Gasteiger partial charge in [-0.15, -0.1) is 0 Å². The van der Waals surface area contributed by atoms with Crippen LogP contribution in [0.2, 0.25) is 0 Å². The summed E-state index contributed by atoms with van der Waals surface area (Å²) in [6, 6.07) is 5.30. The van der Waals surface area contributed by atoms with Crippen LogP contribution in [0.4, 0.5) is 0 Å². The first-order valence-electron chi connectivity index (χ1n) is 8.91. The van der Waals surface area contributed by atoms with E-state index in [0.29, 0.717) is 34.9 Å². The number of nitrogens with zero attached hydrogens (tertiary/aromatic N) is 1. The molecule has 2 aromatic rings. The van der Waals surface area contributed by atoms with E-state index in [9.17, 15) is 14.4 Å². The molecule has 0 unspecified atom stereocenters. The Labute approximate surface area is 171 Å². The third-order valence-corrected chi connectivity index (χ3v) is 5.47. The van der Waals surface area contributed by atoms with Crippen molar-refractivity contribution < 1.29 is 33.0 Å². The van der Waals surface area contributed by atoms with Crippen LogP contribution in [0.25, 0.3) is 11.0 Å². The monoisotopic (exact) mass is 419 g/mol. The number of carbonyl (C=O) groups excluding carboxylic acids is 3. The topological polar surface area (TPSA) is 95.3 Å². The van der Waals surface area contributed by atoms with Crippen LogP contribution in [0.5, 0.6) is 5.75 Å². The molecule has 2 heterocycles. The molecule has 0 radical (unpaired) electrons. The van der Waals surface area contributed by atoms with Gasteiger partial charge in [-0.3, -0.25) is 4.79 Å². The van der Waals surface area contributed by atoms with Crippen LogP contribution in [0.3, 0.4) is 0 Å². The maximum absolute atomic E-state index is 12.4. The van der Waals surface area contributed by atoms with Gasteiger partial charge in [0.05, 0.1) is 37.7 Å². The molecule has 1 aromatic carbocycles. The molecule has 1 amide bonds. The highest BCUT2D eigenvalue weighted by Gasteiger charge is 2.27. The predicted molar refractivity (Wildman–Crippen MR) is 107 cm³/mol. The Hall–Kier alpha value is -2.94. The number of hydrogen-bond donors (Lipinski definition) is 0. The van der Waals surface area contributed by atoms with Gasteiger partial charge in [0.15, 0.2) is 0 Å². The molecule has 29 heavy (non-hydrogen) atoms. The van der Waals surface area contributed by atoms with Crippen LogP contribution in [-0.4, -0.2) is 55.9 Å². The molecule has 1 fully saturated rings. The summed E-state index contributed by atoms with van der Waals surface area (Å²) in [4.78, 5) is 37.3. The van der Waals surface area contributed by atoms with Gasteiger partial charge in [0.1, 0.15) is 11.3 Å². The molecule has 1 saturated heterocycles. The zero-order chi connectivity index (χ0) is 21.0. The van der Waals surface area contributed by atoms with E-state index in [2.05, 4.69) is 4.74 Å². The van der Waals surface area contributed by atoms with Gasteiger partial charge in [-0.1, -0.05) is 11.8 Å². The minimum absolute atomic E-state index is 0.0986. The van der Waals surface area contributed by atoms with Crippen LogP contribution in [0.1, 0.15) is 22.5 Å². The Balaban J connectivity index is 1.58. The fourth-order valence-corrected chi connectivity index (χ4v) is 3.86. The van der Waals surface area contributed by atoms with Gasteiger partial charge < -0.3 is 23.5 Å². The Morgan fingerprint density at radius 1 is 1.31 bits per heavy atom. The maximum Gasteiger partial charge on any atom is 0.374 e. The summed E-state index contributed by atoms with van der Waals surface area (Å²) >= 11 is 1.27. The fourth-order valence-electron chi connectivity index (χ4n) is 2.90. The van der Waals surface area contributed by atoms with Crippen molar-refractivity contribution >= 4 is 40.6 Å². The normalized spacial score (nSPS) is 15.2. The molecule has 0 saturated carbocycles. The van der Waals surface area contributed by atoms with E-state index >= 15 is 0 Å². The lowest BCUT2D eigenvalue weighted by atomic mass is 10.1. The van der Waals surface area contributed by atoms with Crippen LogP contribution in [0.15, 0.2) is 33.7 Å². The van der Waals surface area contributed by atoms with E-state index < -0.39 is 11.9 Å². The number of furan rings is 1. The first kappa shape index (κ1) is 20.8. The van der Waals surface area contributed by atoms with E-state index in [0.717, 1.165) is 5.39 Å². The predicted octanol–water partition coefficient (Wildman–Crippen LogP) is 2.89. The lowest BCUT2D eigenvalue weighted by molar-refractivity contribution is -0.134. The second-order valence-corrected chi connectivity index (χ2v) is 7.24. The summed E-state index contributed by atoms with van der Waals surface area (Å²) in [7, 11) is 2.85. The number of hydrogen-bond acceptors (Lipinski definition) is 8. The molecule has 1 aromatic heterocycles. The number of carbonyl (C=O) groups is 3. The molecule has 0 N–H and O–H groups in total. The van der Waals surface area contributed by atoms with E-state index in [1.54, 1.807) is 32.2 Å². The third kappa shape index (κ3) is 4.56. The lowest BCUT2D eigenvalue weighted by Crippen LogP contribution is -2.27. The lowest BCUT2D eigenvalue weighted by Gasteiger charge is -2.16. The second-order valence-electron chi connectivity index (χ2n) is 6.25. The van der Waals surface area contributed by atoms with Crippen LogP contribution < -0.4 is 4.74 Å². The largest absolute Gasteiger partial charge is 0.497 e. The average molecular weight is 419 g/mol. The number of amides is 1. The van der Waals surface area contributed by atoms with E-state index in [1.165, 1.54) is 29.8 Å². The van der Waals surface area contributed by atoms with Crippen LogP contribution in [-0.2, 0) is 19.1 Å². The number of fused-ring (bicyclic) bond motifs is 1. The fraction of sp³-hybridized carbons (Fsp3) is 0.350. The number of esters is 2. The highest BCUT2D eigenvalue weighted by atomic mass is 32.2. The Morgan fingerprint density at radius 2 is 2.10 bits per heavy atom. The number of thioether (sulfide) groups is 1. The number of ether oxygens (including phenoxy) is 3. The molecule has 8 nitrogen and oxygen atoms in total. The van der Waals surface area contributed by atoms with Crippen molar-refractivity contribution in [2.75, 3.05) is 33.1 Å². The number of benzene rings is 1. The Bertz CT molecular complexity index is 979. The standard InChI is InChI=1S/C20H21NO7S/c1-12-14-9-13(25-2)5-6-15(14)28-19(12)20(24)27-8-4-7-21-16(22)11-29-17(21)10-18(23)26-3/h5-6,9-10H,4,7-8,11H2,1-3H3/b17-10+. The minimum atomic E-state index is -0.565. The van der Waals surface area contributed by atoms with Gasteiger partial charge in [0.25, 0.3) is 0 Å².